The molecule has 0 aliphatic carbocycles. The van der Waals surface area contributed by atoms with E-state index in [1.165, 1.54) is 0 Å². The molecule has 1 aromatic heterocycles. The number of carbonyl (C=O) groups excluding carboxylic acids is 2. The molecule has 1 N–H and O–H groups in total. The van der Waals surface area contributed by atoms with E-state index in [-0.39, 0.29) is 11.1 Å². The number of aromatic nitrogens is 1. The van der Waals surface area contributed by atoms with Crippen molar-refractivity contribution in [3.05, 3.63) is 54.2 Å². The minimum absolute atomic E-state index is 0.231. The molecule has 6 nitrogen and oxygen atoms in total. The van der Waals surface area contributed by atoms with Gasteiger partial charge in [0.05, 0.1) is 6.54 Å². The molecule has 3 rings (SSSR count). The molecular weight excluding hydrogens is 350 g/mol. The number of nitrogens with one attached hydrogen (secondary N) is 1. The van der Waals surface area contributed by atoms with Crippen LogP contribution in [0.5, 0.6) is 5.75 Å². The van der Waals surface area contributed by atoms with Gasteiger partial charge >= 0.3 is 0 Å². The molecule has 26 heavy (non-hydrogen) atoms. The number of ether oxygens (including phenoxy) is 1. The Kier molecular flexibility index (Phi) is 5.46. The molecule has 2 heterocycles. The van der Waals surface area contributed by atoms with Crippen LogP contribution < -0.4 is 15.0 Å². The predicted octanol–water partition coefficient (Wildman–Crippen LogP) is 2.88. The first-order valence-electron chi connectivity index (χ1n) is 8.35. The maximum atomic E-state index is 11.9. The lowest BCUT2D eigenvalue weighted by molar-refractivity contribution is -0.121. The van der Waals surface area contributed by atoms with Gasteiger partial charge in [0.15, 0.2) is 0 Å². The van der Waals surface area contributed by atoms with Crippen molar-refractivity contribution in [1.29, 1.82) is 0 Å². The zero-order valence-corrected chi connectivity index (χ0v) is 15.6. The van der Waals surface area contributed by atoms with Crippen LogP contribution in [0.2, 0.25) is 0 Å². The number of thioether (sulfide) groups is 1. The Morgan fingerprint density at radius 1 is 1.19 bits per heavy atom. The first kappa shape index (κ1) is 18.3. The highest BCUT2D eigenvalue weighted by atomic mass is 32.2. The monoisotopic (exact) mass is 371 g/mol. The molecule has 0 bridgehead atoms. The number of anilines is 1. The average molecular weight is 371 g/mol. The Bertz CT molecular complexity index is 782. The van der Waals surface area contributed by atoms with E-state index in [2.05, 4.69) is 10.3 Å². The van der Waals surface area contributed by atoms with E-state index in [1.807, 2.05) is 54.4 Å². The van der Waals surface area contributed by atoms with Gasteiger partial charge in [-0.2, -0.15) is 0 Å². The van der Waals surface area contributed by atoms with Gasteiger partial charge in [-0.05, 0) is 54.9 Å². The Morgan fingerprint density at radius 3 is 2.58 bits per heavy atom. The van der Waals surface area contributed by atoms with Crippen LogP contribution in [0, 0.1) is 0 Å². The lowest BCUT2D eigenvalue weighted by Crippen LogP contribution is -2.35. The summed E-state index contributed by atoms with van der Waals surface area (Å²) in [6.45, 7) is 3.04. The lowest BCUT2D eigenvalue weighted by atomic mass is 9.99. The summed E-state index contributed by atoms with van der Waals surface area (Å²) < 4.78 is 5.03. The molecule has 7 heteroatoms. The summed E-state index contributed by atoms with van der Waals surface area (Å²) in [4.78, 5) is 29.6. The van der Waals surface area contributed by atoms with Crippen molar-refractivity contribution in [2.45, 2.75) is 18.1 Å². The molecule has 1 unspecified atom stereocenters. The van der Waals surface area contributed by atoms with E-state index < -0.39 is 4.75 Å². The number of imide groups is 1. The van der Waals surface area contributed by atoms with Crippen molar-refractivity contribution < 1.29 is 14.3 Å². The maximum absolute atomic E-state index is 11.9. The van der Waals surface area contributed by atoms with E-state index in [1.54, 1.807) is 13.1 Å². The molecular formula is C19H21N3O3S. The summed E-state index contributed by atoms with van der Waals surface area (Å²) in [5, 5.41) is 2.06. The first-order valence-corrected chi connectivity index (χ1v) is 9.16. The van der Waals surface area contributed by atoms with E-state index in [0.29, 0.717) is 13.0 Å². The number of benzene rings is 1. The molecule has 1 aliphatic heterocycles. The van der Waals surface area contributed by atoms with Crippen molar-refractivity contribution in [3.63, 3.8) is 0 Å². The van der Waals surface area contributed by atoms with E-state index >= 15 is 0 Å². The normalized spacial score (nSPS) is 19.3. The predicted molar refractivity (Wildman–Crippen MR) is 103 cm³/mol. The minimum atomic E-state index is -0.745. The van der Waals surface area contributed by atoms with Gasteiger partial charge in [0.2, 0.25) is 5.91 Å². The highest BCUT2D eigenvalue weighted by molar-refractivity contribution is 8.16. The van der Waals surface area contributed by atoms with Crippen LogP contribution in [-0.4, -0.2) is 41.1 Å². The third-order valence-corrected chi connectivity index (χ3v) is 5.28. The standard InChI is InChI=1S/C19H21N3O3S/c1-19(17(23)21-18(24)26-19)13-14-6-8-15(9-7-14)25-12-11-22(2)16-5-3-4-10-20-16/h3-10H,11-13H2,1-2H3,(H,21,23,24). The average Bonchev–Trinajstić information content (AvgIpc) is 2.88. The van der Waals surface area contributed by atoms with Crippen molar-refractivity contribution in [2.24, 2.45) is 0 Å². The Morgan fingerprint density at radius 2 is 1.96 bits per heavy atom. The third-order valence-electron chi connectivity index (χ3n) is 4.21. The molecule has 0 spiro atoms. The van der Waals surface area contributed by atoms with Gasteiger partial charge in [-0.3, -0.25) is 14.9 Å². The van der Waals surface area contributed by atoms with E-state index in [4.69, 9.17) is 4.74 Å². The van der Waals surface area contributed by atoms with Crippen LogP contribution in [-0.2, 0) is 11.2 Å². The molecule has 1 aliphatic rings. The molecule has 2 amide bonds. The summed E-state index contributed by atoms with van der Waals surface area (Å²) >= 11 is 1.05. The Labute approximate surface area is 156 Å². The molecule has 1 aromatic carbocycles. The van der Waals surface area contributed by atoms with Gasteiger partial charge in [-0.25, -0.2) is 4.98 Å². The number of rotatable bonds is 7. The summed E-state index contributed by atoms with van der Waals surface area (Å²) in [7, 11) is 1.97. The number of likely N-dealkylation sites (N-methyl/N-ethyl adjacent to an activating group) is 1. The molecule has 1 saturated heterocycles. The van der Waals surface area contributed by atoms with E-state index in [0.717, 1.165) is 35.4 Å². The fourth-order valence-corrected chi connectivity index (χ4v) is 3.64. The van der Waals surface area contributed by atoms with Crippen LogP contribution in [0.15, 0.2) is 48.7 Å². The number of nitrogens with zero attached hydrogens (tertiary/aromatic N) is 2. The quantitative estimate of drug-likeness (QED) is 0.807. The van der Waals surface area contributed by atoms with Gasteiger partial charge in [0.1, 0.15) is 22.9 Å². The molecule has 136 valence electrons. The van der Waals surface area contributed by atoms with Crippen LogP contribution >= 0.6 is 11.8 Å². The highest BCUT2D eigenvalue weighted by Gasteiger charge is 2.43. The Hall–Kier alpha value is -2.54. The summed E-state index contributed by atoms with van der Waals surface area (Å²) in [5.74, 6) is 1.44. The van der Waals surface area contributed by atoms with Crippen molar-refractivity contribution in [1.82, 2.24) is 10.3 Å². The fraction of sp³-hybridized carbons (Fsp3) is 0.316. The largest absolute Gasteiger partial charge is 0.492 e. The first-order chi connectivity index (χ1) is 12.5. The smallest absolute Gasteiger partial charge is 0.286 e. The van der Waals surface area contributed by atoms with E-state index in [9.17, 15) is 9.59 Å². The van der Waals surface area contributed by atoms with Gasteiger partial charge in [0, 0.05) is 13.2 Å². The lowest BCUT2D eigenvalue weighted by Gasteiger charge is -2.19. The number of hydrogen-bond donors (Lipinski definition) is 1. The highest BCUT2D eigenvalue weighted by Crippen LogP contribution is 2.34. The van der Waals surface area contributed by atoms with Gasteiger partial charge in [0.25, 0.3) is 5.24 Å². The SMILES string of the molecule is CN(CCOc1ccc(CC2(C)SC(=O)NC2=O)cc1)c1ccccn1. The number of hydrogen-bond acceptors (Lipinski definition) is 6. The summed E-state index contributed by atoms with van der Waals surface area (Å²) in [6, 6.07) is 13.4. The van der Waals surface area contributed by atoms with Crippen molar-refractivity contribution in [2.75, 3.05) is 25.1 Å². The fourth-order valence-electron chi connectivity index (χ4n) is 2.71. The number of amides is 2. The van der Waals surface area contributed by atoms with Crippen LogP contribution in [0.3, 0.4) is 0 Å². The number of pyridine rings is 1. The van der Waals surface area contributed by atoms with Gasteiger partial charge in [-0.15, -0.1) is 0 Å². The van der Waals surface area contributed by atoms with Gasteiger partial charge < -0.3 is 9.64 Å². The maximum Gasteiger partial charge on any atom is 0.286 e. The molecule has 0 saturated carbocycles. The topological polar surface area (TPSA) is 71.5 Å². The zero-order chi connectivity index (χ0) is 18.6. The second-order valence-electron chi connectivity index (χ2n) is 6.35. The third kappa shape index (κ3) is 4.35. The molecule has 0 radical (unpaired) electrons. The van der Waals surface area contributed by atoms with Crippen LogP contribution in [0.1, 0.15) is 12.5 Å². The van der Waals surface area contributed by atoms with Crippen molar-refractivity contribution in [3.8, 4) is 5.75 Å². The second kappa shape index (κ2) is 7.78. The molecule has 2 aromatic rings. The second-order valence-corrected chi connectivity index (χ2v) is 7.83. The summed E-state index contributed by atoms with van der Waals surface area (Å²) in [6.07, 6.45) is 2.26. The number of carbonyl (C=O) groups is 2. The molecule has 1 fully saturated rings. The van der Waals surface area contributed by atoms with Crippen LogP contribution in [0.4, 0.5) is 10.6 Å². The minimum Gasteiger partial charge on any atom is -0.492 e. The Balaban J connectivity index is 1.50. The van der Waals surface area contributed by atoms with Gasteiger partial charge in [-0.1, -0.05) is 18.2 Å². The zero-order valence-electron chi connectivity index (χ0n) is 14.8. The van der Waals surface area contributed by atoms with Crippen molar-refractivity contribution >= 4 is 28.7 Å². The molecule has 1 atom stereocenters. The van der Waals surface area contributed by atoms with Crippen LogP contribution in [0.25, 0.3) is 0 Å². The summed E-state index contributed by atoms with van der Waals surface area (Å²) in [5.41, 5.74) is 0.989.